The normalized spacial score (nSPS) is 20.4. The summed E-state index contributed by atoms with van der Waals surface area (Å²) in [5.74, 6) is 0.919. The molecule has 2 aromatic carbocycles. The van der Waals surface area contributed by atoms with Gasteiger partial charge in [-0.15, -0.1) is 0 Å². The summed E-state index contributed by atoms with van der Waals surface area (Å²) in [6.07, 6.45) is 4.50. The Morgan fingerprint density at radius 2 is 1.68 bits per heavy atom. The maximum absolute atomic E-state index is 14.0. The van der Waals surface area contributed by atoms with Gasteiger partial charge in [0.25, 0.3) is 0 Å². The van der Waals surface area contributed by atoms with E-state index in [0.717, 1.165) is 39.7 Å². The van der Waals surface area contributed by atoms with Crippen molar-refractivity contribution in [1.29, 1.82) is 0 Å². The van der Waals surface area contributed by atoms with Crippen molar-refractivity contribution in [1.82, 2.24) is 4.57 Å². The molecule has 2 atom stereocenters. The van der Waals surface area contributed by atoms with Crippen LogP contribution in [0, 0.1) is 0 Å². The molecule has 2 aromatic heterocycles. The van der Waals surface area contributed by atoms with E-state index in [0.29, 0.717) is 4.83 Å². The molecule has 0 radical (unpaired) electrons. The molecule has 0 fully saturated rings. The van der Waals surface area contributed by atoms with Crippen LogP contribution in [-0.4, -0.2) is 15.1 Å². The Morgan fingerprint density at radius 3 is 2.45 bits per heavy atom. The summed E-state index contributed by atoms with van der Waals surface area (Å²) in [5, 5.41) is 1.97. The molecular weight excluding hydrogens is 488 g/mol. The van der Waals surface area contributed by atoms with Crippen molar-refractivity contribution in [2.45, 2.75) is 41.7 Å². The van der Waals surface area contributed by atoms with Gasteiger partial charge >= 0.3 is 10.7 Å². The number of hydrogen-bond donors (Lipinski definition) is 0. The Labute approximate surface area is 197 Å². The zero-order chi connectivity index (χ0) is 20.9. The molecule has 0 unspecified atom stereocenters. The number of para-hydroxylation sites is 1. The number of halogens is 1. The fraction of sp³-hybridized carbons (Fsp3) is 0.280. The van der Waals surface area contributed by atoms with Crippen LogP contribution in [0.3, 0.4) is 0 Å². The lowest BCUT2D eigenvalue weighted by Gasteiger charge is -2.28. The maximum atomic E-state index is 14.0. The highest BCUT2D eigenvalue weighted by molar-refractivity contribution is 9.09. The van der Waals surface area contributed by atoms with Gasteiger partial charge in [0.05, 0.1) is 4.83 Å². The third-order valence-electron chi connectivity index (χ3n) is 6.33. The van der Waals surface area contributed by atoms with Crippen LogP contribution >= 0.6 is 39.0 Å². The average molecular weight is 511 g/mol. The number of alkyl halides is 1. The summed E-state index contributed by atoms with van der Waals surface area (Å²) < 4.78 is 4.42. The van der Waals surface area contributed by atoms with E-state index >= 15 is 0 Å². The smallest absolute Gasteiger partial charge is 0.240 e. The van der Waals surface area contributed by atoms with E-state index in [2.05, 4.69) is 50.8 Å². The number of thioether (sulfide) groups is 1. The molecule has 6 heteroatoms. The molecule has 31 heavy (non-hydrogen) atoms. The van der Waals surface area contributed by atoms with Crippen LogP contribution in [0.15, 0.2) is 70.6 Å². The highest BCUT2D eigenvalue weighted by Gasteiger charge is 2.41. The molecule has 1 aliphatic heterocycles. The predicted molar refractivity (Wildman–Crippen MR) is 132 cm³/mol. The molecule has 0 N–H and O–H groups in total. The standard InChI is InChI=1S/C25H22BrN2OS2/c26-19-15-30-25-27(17-11-5-2-6-12-17)23(29)21-18-13-7-8-14-20(18)31-24(21)28(25)22(19)16-9-3-1-4-10-16/h1-6,9-12,19,22H,7-8,13-15H2/q+1/t19-,22-/m0/s1. The molecule has 0 amide bonds. The fourth-order valence-electron chi connectivity index (χ4n) is 4.93. The summed E-state index contributed by atoms with van der Waals surface area (Å²) >= 11 is 7.62. The van der Waals surface area contributed by atoms with E-state index in [4.69, 9.17) is 0 Å². The number of thiophene rings is 1. The van der Waals surface area contributed by atoms with Crippen molar-refractivity contribution in [3.8, 4) is 5.69 Å². The lowest BCUT2D eigenvalue weighted by Crippen LogP contribution is -2.54. The molecule has 4 aromatic rings. The summed E-state index contributed by atoms with van der Waals surface area (Å²) in [5.41, 5.74) is 3.66. The number of hydrogen-bond acceptors (Lipinski definition) is 3. The Hall–Kier alpha value is -1.89. The third-order valence-corrected chi connectivity index (χ3v) is 10.0. The summed E-state index contributed by atoms with van der Waals surface area (Å²) in [6, 6.07) is 21.0. The Balaban J connectivity index is 1.75. The summed E-state index contributed by atoms with van der Waals surface area (Å²) in [4.78, 5) is 16.8. The molecule has 0 bridgehead atoms. The van der Waals surface area contributed by atoms with Gasteiger partial charge in [-0.05, 0) is 60.7 Å². The third kappa shape index (κ3) is 3.14. The number of fused-ring (bicyclic) bond motifs is 5. The van der Waals surface area contributed by atoms with Crippen LogP contribution in [0.2, 0.25) is 0 Å². The van der Waals surface area contributed by atoms with E-state index in [9.17, 15) is 4.79 Å². The maximum Gasteiger partial charge on any atom is 0.352 e. The van der Waals surface area contributed by atoms with Crippen molar-refractivity contribution < 1.29 is 4.57 Å². The van der Waals surface area contributed by atoms with Gasteiger partial charge in [-0.1, -0.05) is 75.8 Å². The molecule has 0 saturated heterocycles. The molecule has 3 nitrogen and oxygen atoms in total. The number of benzene rings is 2. The van der Waals surface area contributed by atoms with Crippen molar-refractivity contribution in [3.63, 3.8) is 0 Å². The molecule has 6 rings (SSSR count). The van der Waals surface area contributed by atoms with Gasteiger partial charge in [0.2, 0.25) is 0 Å². The van der Waals surface area contributed by atoms with Crippen LogP contribution < -0.4 is 10.1 Å². The first-order chi connectivity index (χ1) is 15.2. The lowest BCUT2D eigenvalue weighted by atomic mass is 9.97. The van der Waals surface area contributed by atoms with Gasteiger partial charge < -0.3 is 0 Å². The summed E-state index contributed by atoms with van der Waals surface area (Å²) in [6.45, 7) is 0. The second-order valence-electron chi connectivity index (χ2n) is 8.20. The zero-order valence-electron chi connectivity index (χ0n) is 17.0. The topological polar surface area (TPSA) is 25.9 Å². The van der Waals surface area contributed by atoms with Crippen molar-refractivity contribution in [3.05, 3.63) is 87.0 Å². The number of aromatic nitrogens is 2. The monoisotopic (exact) mass is 509 g/mol. The van der Waals surface area contributed by atoms with Crippen molar-refractivity contribution in [2.24, 2.45) is 0 Å². The van der Waals surface area contributed by atoms with E-state index in [-0.39, 0.29) is 11.6 Å². The van der Waals surface area contributed by atoms with Gasteiger partial charge in [-0.3, -0.25) is 0 Å². The lowest BCUT2D eigenvalue weighted by molar-refractivity contribution is -0.728. The SMILES string of the molecule is O=c1c2c3c(sc2[n+]2c(n1-c1ccccc1)SC[C@H](Br)[C@@H]2c1ccccc1)CCCC3. The number of aryl methyl sites for hydroxylation is 2. The number of nitrogens with zero attached hydrogens (tertiary/aromatic N) is 2. The van der Waals surface area contributed by atoms with Crippen LogP contribution in [-0.2, 0) is 12.8 Å². The van der Waals surface area contributed by atoms with Gasteiger partial charge in [0, 0.05) is 10.6 Å². The Kier molecular flexibility index (Phi) is 5.04. The van der Waals surface area contributed by atoms with Gasteiger partial charge in [0.15, 0.2) is 4.83 Å². The fourth-order valence-corrected chi connectivity index (χ4v) is 8.50. The van der Waals surface area contributed by atoms with Gasteiger partial charge in [-0.25, -0.2) is 9.36 Å². The quantitative estimate of drug-likeness (QED) is 0.197. The molecular formula is C25H22BrN2OS2+. The number of rotatable bonds is 2. The van der Waals surface area contributed by atoms with Crippen LogP contribution in [0.1, 0.15) is 34.9 Å². The average Bonchev–Trinajstić information content (AvgIpc) is 3.21. The Bertz CT molecular complexity index is 1330. The van der Waals surface area contributed by atoms with Crippen LogP contribution in [0.4, 0.5) is 0 Å². The second kappa shape index (κ2) is 7.91. The first kappa shape index (κ1) is 19.8. The molecule has 156 valence electrons. The minimum Gasteiger partial charge on any atom is -0.240 e. The first-order valence-corrected chi connectivity index (χ1v) is 13.5. The van der Waals surface area contributed by atoms with E-state index in [1.807, 2.05) is 46.2 Å². The van der Waals surface area contributed by atoms with Crippen LogP contribution in [0.25, 0.3) is 15.9 Å². The summed E-state index contributed by atoms with van der Waals surface area (Å²) in [7, 11) is 0. The Morgan fingerprint density at radius 1 is 0.968 bits per heavy atom. The van der Waals surface area contributed by atoms with Crippen molar-refractivity contribution in [2.75, 3.05) is 5.75 Å². The van der Waals surface area contributed by atoms with Crippen molar-refractivity contribution >= 4 is 49.2 Å². The molecule has 0 spiro atoms. The highest BCUT2D eigenvalue weighted by atomic mass is 79.9. The zero-order valence-corrected chi connectivity index (χ0v) is 20.2. The highest BCUT2D eigenvalue weighted by Crippen LogP contribution is 2.40. The van der Waals surface area contributed by atoms with E-state index < -0.39 is 0 Å². The van der Waals surface area contributed by atoms with Crippen LogP contribution in [0.5, 0.6) is 0 Å². The molecule has 3 heterocycles. The first-order valence-electron chi connectivity index (χ1n) is 10.8. The second-order valence-corrected chi connectivity index (χ2v) is 11.4. The van der Waals surface area contributed by atoms with E-state index in [1.54, 1.807) is 11.8 Å². The minimum atomic E-state index is 0.138. The molecule has 1 aliphatic carbocycles. The largest absolute Gasteiger partial charge is 0.352 e. The van der Waals surface area contributed by atoms with Gasteiger partial charge in [-0.2, -0.15) is 4.57 Å². The van der Waals surface area contributed by atoms with E-state index in [1.165, 1.54) is 28.8 Å². The minimum absolute atomic E-state index is 0.138. The predicted octanol–water partition coefficient (Wildman–Crippen LogP) is 5.68. The molecule has 2 aliphatic rings. The van der Waals surface area contributed by atoms with Gasteiger partial charge in [0.1, 0.15) is 17.1 Å². The molecule has 0 saturated carbocycles.